The zero-order valence-corrected chi connectivity index (χ0v) is 9.77. The molecule has 0 saturated carbocycles. The maximum absolute atomic E-state index is 11.6. The van der Waals surface area contributed by atoms with Crippen molar-refractivity contribution in [2.75, 3.05) is 13.7 Å². The second kappa shape index (κ2) is 4.56. The van der Waals surface area contributed by atoms with E-state index in [0.29, 0.717) is 6.42 Å². The number of ether oxygens (including phenoxy) is 1. The van der Waals surface area contributed by atoms with Gasteiger partial charge in [-0.2, -0.15) is 0 Å². The smallest absolute Gasteiger partial charge is 0.223 e. The maximum atomic E-state index is 11.6. The number of benzene rings is 1. The van der Waals surface area contributed by atoms with Gasteiger partial charge >= 0.3 is 0 Å². The highest BCUT2D eigenvalue weighted by atomic mass is 16.5. The van der Waals surface area contributed by atoms with Crippen LogP contribution in [-0.4, -0.2) is 24.5 Å². The summed E-state index contributed by atoms with van der Waals surface area (Å²) >= 11 is 0. The molecule has 1 aliphatic heterocycles. The Labute approximate surface area is 96.0 Å². The molecule has 3 heteroatoms. The molecule has 1 aromatic carbocycles. The third kappa shape index (κ3) is 1.90. The van der Waals surface area contributed by atoms with Crippen LogP contribution < -0.4 is 4.74 Å². The Kier molecular flexibility index (Phi) is 3.13. The van der Waals surface area contributed by atoms with Gasteiger partial charge in [0.25, 0.3) is 0 Å². The highest BCUT2D eigenvalue weighted by Crippen LogP contribution is 2.33. The zero-order chi connectivity index (χ0) is 11.5. The van der Waals surface area contributed by atoms with E-state index in [4.69, 9.17) is 4.74 Å². The number of carbonyl (C=O) groups is 1. The summed E-state index contributed by atoms with van der Waals surface area (Å²) < 4.78 is 5.21. The van der Waals surface area contributed by atoms with Gasteiger partial charge in [-0.05, 0) is 31.0 Å². The Bertz CT molecular complexity index is 389. The minimum Gasteiger partial charge on any atom is -0.497 e. The minimum atomic E-state index is 0.229. The fourth-order valence-corrected chi connectivity index (χ4v) is 2.33. The average Bonchev–Trinajstić information content (AvgIpc) is 2.70. The zero-order valence-electron chi connectivity index (χ0n) is 9.77. The SMILES string of the molecule is CCN1C(=O)CCC1c1cccc(OC)c1. The molecule has 0 aliphatic carbocycles. The van der Waals surface area contributed by atoms with E-state index in [1.807, 2.05) is 30.0 Å². The molecular formula is C13H17NO2. The molecule has 1 saturated heterocycles. The average molecular weight is 219 g/mol. The first-order valence-corrected chi connectivity index (χ1v) is 5.69. The minimum absolute atomic E-state index is 0.229. The summed E-state index contributed by atoms with van der Waals surface area (Å²) in [7, 11) is 1.66. The van der Waals surface area contributed by atoms with E-state index in [0.717, 1.165) is 18.7 Å². The number of likely N-dealkylation sites (tertiary alicyclic amines) is 1. The van der Waals surface area contributed by atoms with Crippen molar-refractivity contribution in [3.8, 4) is 5.75 Å². The fourth-order valence-electron chi connectivity index (χ4n) is 2.33. The molecule has 1 aliphatic rings. The Balaban J connectivity index is 2.26. The van der Waals surface area contributed by atoms with Gasteiger partial charge in [-0.1, -0.05) is 12.1 Å². The lowest BCUT2D eigenvalue weighted by Crippen LogP contribution is -2.27. The molecule has 0 N–H and O–H groups in total. The molecule has 1 atom stereocenters. The molecule has 0 bridgehead atoms. The van der Waals surface area contributed by atoms with Crippen LogP contribution in [0.25, 0.3) is 0 Å². The summed E-state index contributed by atoms with van der Waals surface area (Å²) in [4.78, 5) is 13.6. The van der Waals surface area contributed by atoms with Crippen LogP contribution in [-0.2, 0) is 4.79 Å². The highest BCUT2D eigenvalue weighted by Gasteiger charge is 2.30. The van der Waals surface area contributed by atoms with E-state index in [9.17, 15) is 4.79 Å². The molecule has 2 rings (SSSR count). The quantitative estimate of drug-likeness (QED) is 0.781. The summed E-state index contributed by atoms with van der Waals surface area (Å²) in [5.74, 6) is 1.11. The Morgan fingerprint density at radius 1 is 1.50 bits per heavy atom. The number of methoxy groups -OCH3 is 1. The monoisotopic (exact) mass is 219 g/mol. The van der Waals surface area contributed by atoms with Crippen molar-refractivity contribution in [2.24, 2.45) is 0 Å². The largest absolute Gasteiger partial charge is 0.497 e. The van der Waals surface area contributed by atoms with Crippen LogP contribution in [0.15, 0.2) is 24.3 Å². The van der Waals surface area contributed by atoms with Crippen molar-refractivity contribution in [3.63, 3.8) is 0 Å². The van der Waals surface area contributed by atoms with Crippen LogP contribution in [0.2, 0.25) is 0 Å². The summed E-state index contributed by atoms with van der Waals surface area (Å²) in [5, 5.41) is 0. The predicted octanol–water partition coefficient (Wildman–Crippen LogP) is 2.38. The van der Waals surface area contributed by atoms with Crippen molar-refractivity contribution in [1.29, 1.82) is 0 Å². The van der Waals surface area contributed by atoms with Crippen LogP contribution in [0.4, 0.5) is 0 Å². The van der Waals surface area contributed by atoms with E-state index in [2.05, 4.69) is 6.07 Å². The summed E-state index contributed by atoms with van der Waals surface area (Å²) in [6.07, 6.45) is 1.58. The highest BCUT2D eigenvalue weighted by molar-refractivity contribution is 5.79. The van der Waals surface area contributed by atoms with Gasteiger partial charge in [0.15, 0.2) is 0 Å². The second-order valence-electron chi connectivity index (χ2n) is 4.01. The van der Waals surface area contributed by atoms with E-state index >= 15 is 0 Å². The first-order valence-electron chi connectivity index (χ1n) is 5.69. The standard InChI is InChI=1S/C13H17NO2/c1-3-14-12(7-8-13(14)15)10-5-4-6-11(9-10)16-2/h4-6,9,12H,3,7-8H2,1-2H3. The van der Waals surface area contributed by atoms with Gasteiger partial charge < -0.3 is 9.64 Å². The molecule has 1 unspecified atom stereocenters. The molecule has 1 fully saturated rings. The number of hydrogen-bond donors (Lipinski definition) is 0. The van der Waals surface area contributed by atoms with E-state index in [1.54, 1.807) is 7.11 Å². The second-order valence-corrected chi connectivity index (χ2v) is 4.01. The number of carbonyl (C=O) groups excluding carboxylic acids is 1. The number of hydrogen-bond acceptors (Lipinski definition) is 2. The van der Waals surface area contributed by atoms with Crippen molar-refractivity contribution < 1.29 is 9.53 Å². The van der Waals surface area contributed by atoms with Crippen LogP contribution in [0, 0.1) is 0 Å². The third-order valence-electron chi connectivity index (χ3n) is 3.15. The van der Waals surface area contributed by atoms with Gasteiger partial charge in [0, 0.05) is 13.0 Å². The van der Waals surface area contributed by atoms with E-state index in [1.165, 1.54) is 5.56 Å². The predicted molar refractivity (Wildman–Crippen MR) is 62.4 cm³/mol. The van der Waals surface area contributed by atoms with Gasteiger partial charge in [0.05, 0.1) is 13.2 Å². The van der Waals surface area contributed by atoms with E-state index in [-0.39, 0.29) is 11.9 Å². The van der Waals surface area contributed by atoms with Crippen molar-refractivity contribution >= 4 is 5.91 Å². The van der Waals surface area contributed by atoms with Crippen molar-refractivity contribution in [1.82, 2.24) is 4.90 Å². The topological polar surface area (TPSA) is 29.5 Å². The fraction of sp³-hybridized carbons (Fsp3) is 0.462. The number of nitrogens with zero attached hydrogens (tertiary/aromatic N) is 1. The summed E-state index contributed by atoms with van der Waals surface area (Å²) in [5.41, 5.74) is 1.17. The summed E-state index contributed by atoms with van der Waals surface area (Å²) in [6, 6.07) is 8.22. The number of rotatable bonds is 3. The van der Waals surface area contributed by atoms with Gasteiger partial charge in [0.2, 0.25) is 5.91 Å². The lowest BCUT2D eigenvalue weighted by molar-refractivity contribution is -0.128. The van der Waals surface area contributed by atoms with Crippen LogP contribution >= 0.6 is 0 Å². The van der Waals surface area contributed by atoms with E-state index < -0.39 is 0 Å². The Morgan fingerprint density at radius 2 is 2.31 bits per heavy atom. The molecule has 0 spiro atoms. The Morgan fingerprint density at radius 3 is 3.00 bits per heavy atom. The maximum Gasteiger partial charge on any atom is 0.223 e. The molecule has 86 valence electrons. The molecule has 1 aromatic rings. The first-order chi connectivity index (χ1) is 7.76. The molecule has 3 nitrogen and oxygen atoms in total. The van der Waals surface area contributed by atoms with Crippen LogP contribution in [0.3, 0.4) is 0 Å². The Hall–Kier alpha value is -1.51. The third-order valence-corrected chi connectivity index (χ3v) is 3.15. The molecule has 1 amide bonds. The first kappa shape index (κ1) is 11.0. The van der Waals surface area contributed by atoms with Gasteiger partial charge in [-0.3, -0.25) is 4.79 Å². The summed E-state index contributed by atoms with van der Waals surface area (Å²) in [6.45, 7) is 2.80. The molecular weight excluding hydrogens is 202 g/mol. The number of amides is 1. The normalized spacial score (nSPS) is 20.2. The molecule has 0 aromatic heterocycles. The van der Waals surface area contributed by atoms with Crippen LogP contribution in [0.5, 0.6) is 5.75 Å². The molecule has 0 radical (unpaired) electrons. The lowest BCUT2D eigenvalue weighted by Gasteiger charge is -2.23. The van der Waals surface area contributed by atoms with Gasteiger partial charge in [0.1, 0.15) is 5.75 Å². The van der Waals surface area contributed by atoms with Gasteiger partial charge in [-0.25, -0.2) is 0 Å². The van der Waals surface area contributed by atoms with Gasteiger partial charge in [-0.15, -0.1) is 0 Å². The van der Waals surface area contributed by atoms with Crippen molar-refractivity contribution in [3.05, 3.63) is 29.8 Å². The van der Waals surface area contributed by atoms with Crippen LogP contribution in [0.1, 0.15) is 31.4 Å². The molecule has 16 heavy (non-hydrogen) atoms. The van der Waals surface area contributed by atoms with Crippen molar-refractivity contribution in [2.45, 2.75) is 25.8 Å². The molecule has 1 heterocycles. The lowest BCUT2D eigenvalue weighted by atomic mass is 10.0.